The highest BCUT2D eigenvalue weighted by Gasteiger charge is 2.14. The number of hydrogen-bond donors (Lipinski definition) is 1. The topological polar surface area (TPSA) is 35.5 Å². The van der Waals surface area contributed by atoms with Crippen molar-refractivity contribution in [3.05, 3.63) is 0 Å². The highest BCUT2D eigenvalue weighted by Crippen LogP contribution is 2.62. The summed E-state index contributed by atoms with van der Waals surface area (Å²) < 4.78 is 20.8. The summed E-state index contributed by atoms with van der Waals surface area (Å²) in [5, 5.41) is 0. The van der Waals surface area contributed by atoms with Gasteiger partial charge >= 0.3 is 5.77 Å². The second-order valence-electron chi connectivity index (χ2n) is 1.68. The van der Waals surface area contributed by atoms with Gasteiger partial charge in [-0.1, -0.05) is 23.6 Å². The standard InChI is InChI=1S/C5H13O3PS2/c1-3-8-4-5-11-9(6,10)7-2/h3-5H2,1-2H3,(H,6,10). The number of thiol groups is 1. The van der Waals surface area contributed by atoms with Gasteiger partial charge in [-0.05, 0) is 6.92 Å². The van der Waals surface area contributed by atoms with E-state index in [1.165, 1.54) is 18.5 Å². The summed E-state index contributed by atoms with van der Waals surface area (Å²) in [7, 11) is 1.39. The largest absolute Gasteiger partial charge is 0.381 e. The first kappa shape index (κ1) is 11.8. The maximum absolute atomic E-state index is 11.1. The zero-order valence-corrected chi connectivity index (χ0v) is 9.25. The number of rotatable bonds is 6. The normalized spacial score (nSPS) is 16.3. The van der Waals surface area contributed by atoms with E-state index >= 15 is 0 Å². The first-order valence-corrected chi connectivity index (χ1v) is 7.60. The fraction of sp³-hybridized carbons (Fsp3) is 1.00. The van der Waals surface area contributed by atoms with Crippen LogP contribution in [0, 0.1) is 0 Å². The van der Waals surface area contributed by atoms with Crippen LogP contribution in [0.5, 0.6) is 0 Å². The monoisotopic (exact) mass is 216 g/mol. The summed E-state index contributed by atoms with van der Waals surface area (Å²) in [5.41, 5.74) is 0. The molecule has 6 heteroatoms. The van der Waals surface area contributed by atoms with Gasteiger partial charge in [-0.25, -0.2) is 0 Å². The van der Waals surface area contributed by atoms with E-state index in [9.17, 15) is 4.57 Å². The molecule has 1 atom stereocenters. The van der Waals surface area contributed by atoms with Gasteiger partial charge in [0.1, 0.15) is 0 Å². The molecule has 0 aliphatic heterocycles. The van der Waals surface area contributed by atoms with Crippen LogP contribution in [0.3, 0.4) is 0 Å². The molecular weight excluding hydrogens is 203 g/mol. The van der Waals surface area contributed by atoms with E-state index in [1.807, 2.05) is 6.92 Å². The fourth-order valence-corrected chi connectivity index (χ4v) is 2.90. The molecule has 0 fully saturated rings. The average molecular weight is 216 g/mol. The molecule has 0 N–H and O–H groups in total. The van der Waals surface area contributed by atoms with Crippen molar-refractivity contribution in [3.63, 3.8) is 0 Å². The average Bonchev–Trinajstić information content (AvgIpc) is 1.99. The summed E-state index contributed by atoms with van der Waals surface area (Å²) in [6.07, 6.45) is 0. The van der Waals surface area contributed by atoms with Crippen molar-refractivity contribution < 1.29 is 13.8 Å². The van der Waals surface area contributed by atoms with Crippen LogP contribution in [0.2, 0.25) is 0 Å². The van der Waals surface area contributed by atoms with Crippen LogP contribution in [0.25, 0.3) is 0 Å². The summed E-state index contributed by atoms with van der Waals surface area (Å²) in [6, 6.07) is 0. The second-order valence-corrected chi connectivity index (χ2v) is 8.26. The van der Waals surface area contributed by atoms with Crippen LogP contribution in [0.4, 0.5) is 0 Å². The minimum atomic E-state index is -2.68. The Bertz CT molecular complexity index is 142. The lowest BCUT2D eigenvalue weighted by atomic mass is 10.8. The zero-order chi connectivity index (χ0) is 8.74. The van der Waals surface area contributed by atoms with Crippen molar-refractivity contribution in [2.75, 3.05) is 26.1 Å². The molecular formula is C5H13O3PS2. The van der Waals surface area contributed by atoms with E-state index in [0.717, 1.165) is 0 Å². The lowest BCUT2D eigenvalue weighted by Crippen LogP contribution is -1.95. The molecule has 0 aliphatic rings. The molecule has 0 aromatic rings. The molecule has 11 heavy (non-hydrogen) atoms. The number of hydrogen-bond acceptors (Lipinski definition) is 4. The van der Waals surface area contributed by atoms with Gasteiger partial charge in [-0.2, -0.15) is 0 Å². The maximum atomic E-state index is 11.1. The Morgan fingerprint density at radius 1 is 1.64 bits per heavy atom. The molecule has 0 saturated carbocycles. The van der Waals surface area contributed by atoms with Crippen LogP contribution >= 0.6 is 29.4 Å². The maximum Gasteiger partial charge on any atom is 0.310 e. The molecule has 1 unspecified atom stereocenters. The van der Waals surface area contributed by atoms with Crippen LogP contribution in [-0.4, -0.2) is 26.1 Å². The first-order valence-electron chi connectivity index (χ1n) is 3.23. The lowest BCUT2D eigenvalue weighted by molar-refractivity contribution is 0.164. The van der Waals surface area contributed by atoms with Crippen molar-refractivity contribution in [3.8, 4) is 0 Å². The van der Waals surface area contributed by atoms with Gasteiger partial charge in [0.15, 0.2) is 0 Å². The SMILES string of the molecule is CCOCCSP(=O)(S)OC. The Hall–Kier alpha value is 0.850. The summed E-state index contributed by atoms with van der Waals surface area (Å²) in [6.45, 7) is 3.20. The van der Waals surface area contributed by atoms with E-state index in [4.69, 9.17) is 4.74 Å². The Balaban J connectivity index is 3.31. The third-order valence-electron chi connectivity index (χ3n) is 0.917. The summed E-state index contributed by atoms with van der Waals surface area (Å²) >= 11 is 5.02. The van der Waals surface area contributed by atoms with Gasteiger partial charge in [0.2, 0.25) is 0 Å². The molecule has 0 aliphatic carbocycles. The van der Waals surface area contributed by atoms with E-state index in [2.05, 4.69) is 16.8 Å². The highest BCUT2D eigenvalue weighted by molar-refractivity contribution is 8.84. The molecule has 0 spiro atoms. The molecule has 3 nitrogen and oxygen atoms in total. The molecule has 0 radical (unpaired) electrons. The van der Waals surface area contributed by atoms with Crippen LogP contribution < -0.4 is 0 Å². The van der Waals surface area contributed by atoms with E-state index < -0.39 is 5.77 Å². The Labute approximate surface area is 76.6 Å². The van der Waals surface area contributed by atoms with E-state index in [-0.39, 0.29) is 0 Å². The molecule has 0 aromatic carbocycles. The summed E-state index contributed by atoms with van der Waals surface area (Å²) in [5.74, 6) is -2.03. The van der Waals surface area contributed by atoms with Crippen LogP contribution in [0.1, 0.15) is 6.92 Å². The molecule has 0 bridgehead atoms. The van der Waals surface area contributed by atoms with Crippen molar-refractivity contribution >= 4 is 29.4 Å². The Morgan fingerprint density at radius 2 is 2.27 bits per heavy atom. The van der Waals surface area contributed by atoms with Crippen molar-refractivity contribution in [1.29, 1.82) is 0 Å². The van der Waals surface area contributed by atoms with E-state index in [1.54, 1.807) is 0 Å². The third kappa shape index (κ3) is 7.22. The van der Waals surface area contributed by atoms with Crippen LogP contribution in [-0.2, 0) is 13.8 Å². The lowest BCUT2D eigenvalue weighted by Gasteiger charge is -2.07. The highest BCUT2D eigenvalue weighted by atomic mass is 33.1. The molecule has 68 valence electrons. The molecule has 0 aromatic heterocycles. The molecule has 0 saturated heterocycles. The smallest absolute Gasteiger partial charge is 0.310 e. The fourth-order valence-electron chi connectivity index (χ4n) is 0.409. The molecule has 0 rings (SSSR count). The van der Waals surface area contributed by atoms with Gasteiger partial charge in [0.25, 0.3) is 0 Å². The van der Waals surface area contributed by atoms with Gasteiger partial charge < -0.3 is 9.26 Å². The minimum Gasteiger partial charge on any atom is -0.381 e. The quantitative estimate of drug-likeness (QED) is 0.420. The first-order chi connectivity index (χ1) is 5.12. The van der Waals surface area contributed by atoms with Crippen molar-refractivity contribution in [1.82, 2.24) is 0 Å². The Morgan fingerprint density at radius 3 is 2.73 bits per heavy atom. The van der Waals surface area contributed by atoms with E-state index in [0.29, 0.717) is 19.0 Å². The predicted octanol–water partition coefficient (Wildman–Crippen LogP) is 2.44. The van der Waals surface area contributed by atoms with Gasteiger partial charge in [0, 0.05) is 19.5 Å². The number of ether oxygens (including phenoxy) is 1. The van der Waals surface area contributed by atoms with Crippen molar-refractivity contribution in [2.45, 2.75) is 6.92 Å². The Kier molecular flexibility index (Phi) is 6.87. The molecule has 0 amide bonds. The zero-order valence-electron chi connectivity index (χ0n) is 6.65. The minimum absolute atomic E-state index is 0.592. The second kappa shape index (κ2) is 6.38. The van der Waals surface area contributed by atoms with Gasteiger partial charge in [-0.15, -0.1) is 0 Å². The summed E-state index contributed by atoms with van der Waals surface area (Å²) in [4.78, 5) is 0. The van der Waals surface area contributed by atoms with Crippen molar-refractivity contribution in [2.24, 2.45) is 0 Å². The van der Waals surface area contributed by atoms with Gasteiger partial charge in [0.05, 0.1) is 6.61 Å². The predicted molar refractivity (Wildman–Crippen MR) is 52.6 cm³/mol. The van der Waals surface area contributed by atoms with Crippen LogP contribution in [0.15, 0.2) is 0 Å². The molecule has 0 heterocycles. The van der Waals surface area contributed by atoms with Gasteiger partial charge in [-0.3, -0.25) is 4.57 Å². The third-order valence-corrected chi connectivity index (χ3v) is 5.56.